The lowest BCUT2D eigenvalue weighted by Crippen LogP contribution is -2.22. The van der Waals surface area contributed by atoms with Crippen LogP contribution in [-0.2, 0) is 0 Å². The van der Waals surface area contributed by atoms with Gasteiger partial charge in [-0.05, 0) is 37.2 Å². The molecule has 1 N–H and O–H groups in total. The summed E-state index contributed by atoms with van der Waals surface area (Å²) in [5, 5.41) is 10.1. The SMILES string of the molecule is CCC(CC)C(O)C1=CCCCC1. The number of allylic oxidation sites excluding steroid dienone is 1. The van der Waals surface area contributed by atoms with Crippen LogP contribution in [0.4, 0.5) is 0 Å². The molecule has 1 rings (SSSR count). The second-order valence-corrected chi connectivity index (χ2v) is 4.05. The summed E-state index contributed by atoms with van der Waals surface area (Å²) in [6, 6.07) is 0. The molecule has 0 aromatic rings. The summed E-state index contributed by atoms with van der Waals surface area (Å²) in [4.78, 5) is 0. The van der Waals surface area contributed by atoms with Crippen LogP contribution in [0, 0.1) is 5.92 Å². The van der Waals surface area contributed by atoms with Crippen molar-refractivity contribution in [2.45, 2.75) is 58.5 Å². The molecule has 0 radical (unpaired) electrons. The first-order valence-electron chi connectivity index (χ1n) is 5.66. The predicted octanol–water partition coefficient (Wildman–Crippen LogP) is 3.28. The molecule has 0 aromatic heterocycles. The van der Waals surface area contributed by atoms with E-state index in [1.54, 1.807) is 0 Å². The van der Waals surface area contributed by atoms with E-state index in [1.807, 2.05) is 0 Å². The number of rotatable bonds is 4. The van der Waals surface area contributed by atoms with Crippen molar-refractivity contribution in [3.05, 3.63) is 11.6 Å². The quantitative estimate of drug-likeness (QED) is 0.661. The van der Waals surface area contributed by atoms with Crippen LogP contribution in [0.5, 0.6) is 0 Å². The maximum absolute atomic E-state index is 10.1. The van der Waals surface area contributed by atoms with Crippen LogP contribution in [0.15, 0.2) is 11.6 Å². The van der Waals surface area contributed by atoms with Gasteiger partial charge in [0.15, 0.2) is 0 Å². The Morgan fingerprint density at radius 2 is 2.00 bits per heavy atom. The fourth-order valence-electron chi connectivity index (χ4n) is 2.17. The molecule has 1 nitrogen and oxygen atoms in total. The average molecular weight is 182 g/mol. The molecule has 0 amide bonds. The molecule has 1 heteroatoms. The second-order valence-electron chi connectivity index (χ2n) is 4.05. The zero-order chi connectivity index (χ0) is 9.68. The third-order valence-corrected chi connectivity index (χ3v) is 3.20. The monoisotopic (exact) mass is 182 g/mol. The normalized spacial score (nSPS) is 20.2. The van der Waals surface area contributed by atoms with E-state index in [0.29, 0.717) is 5.92 Å². The van der Waals surface area contributed by atoms with Gasteiger partial charge in [0.25, 0.3) is 0 Å². The molecule has 0 heterocycles. The number of aliphatic hydroxyl groups excluding tert-OH is 1. The maximum Gasteiger partial charge on any atom is 0.0778 e. The van der Waals surface area contributed by atoms with E-state index < -0.39 is 0 Å². The summed E-state index contributed by atoms with van der Waals surface area (Å²) >= 11 is 0. The standard InChI is InChI=1S/C12H22O/c1-3-10(4-2)12(13)11-8-6-5-7-9-11/h8,10,12-13H,3-7,9H2,1-2H3. The van der Waals surface area contributed by atoms with Gasteiger partial charge in [-0.25, -0.2) is 0 Å². The molecular weight excluding hydrogens is 160 g/mol. The van der Waals surface area contributed by atoms with Crippen LogP contribution in [0.2, 0.25) is 0 Å². The van der Waals surface area contributed by atoms with Gasteiger partial charge < -0.3 is 5.11 Å². The van der Waals surface area contributed by atoms with E-state index in [2.05, 4.69) is 19.9 Å². The van der Waals surface area contributed by atoms with Gasteiger partial charge >= 0.3 is 0 Å². The number of aliphatic hydroxyl groups is 1. The zero-order valence-corrected chi connectivity index (χ0v) is 8.92. The highest BCUT2D eigenvalue weighted by molar-refractivity contribution is 5.11. The molecular formula is C12H22O. The van der Waals surface area contributed by atoms with Crippen molar-refractivity contribution in [2.24, 2.45) is 5.92 Å². The molecule has 1 atom stereocenters. The van der Waals surface area contributed by atoms with Crippen molar-refractivity contribution in [1.82, 2.24) is 0 Å². The van der Waals surface area contributed by atoms with Crippen molar-refractivity contribution >= 4 is 0 Å². The van der Waals surface area contributed by atoms with E-state index in [1.165, 1.54) is 24.8 Å². The summed E-state index contributed by atoms with van der Waals surface area (Å²) < 4.78 is 0. The molecule has 0 aromatic carbocycles. The molecule has 0 spiro atoms. The smallest absolute Gasteiger partial charge is 0.0778 e. The Bertz CT molecular complexity index is 168. The van der Waals surface area contributed by atoms with Crippen molar-refractivity contribution < 1.29 is 5.11 Å². The van der Waals surface area contributed by atoms with Gasteiger partial charge in [0.05, 0.1) is 6.10 Å². The zero-order valence-electron chi connectivity index (χ0n) is 8.92. The van der Waals surface area contributed by atoms with Gasteiger partial charge in [0.2, 0.25) is 0 Å². The van der Waals surface area contributed by atoms with Crippen molar-refractivity contribution in [1.29, 1.82) is 0 Å². The molecule has 0 aliphatic heterocycles. The summed E-state index contributed by atoms with van der Waals surface area (Å²) in [5.41, 5.74) is 1.31. The van der Waals surface area contributed by atoms with Crippen LogP contribution >= 0.6 is 0 Å². The Labute approximate surface area is 81.9 Å². The molecule has 0 saturated heterocycles. The summed E-state index contributed by atoms with van der Waals surface area (Å²) in [7, 11) is 0. The first-order chi connectivity index (χ1) is 6.29. The summed E-state index contributed by atoms with van der Waals surface area (Å²) in [6.07, 6.45) is 9.15. The Morgan fingerprint density at radius 1 is 1.31 bits per heavy atom. The van der Waals surface area contributed by atoms with Crippen LogP contribution in [0.1, 0.15) is 52.4 Å². The van der Waals surface area contributed by atoms with Gasteiger partial charge in [-0.2, -0.15) is 0 Å². The Hall–Kier alpha value is -0.300. The van der Waals surface area contributed by atoms with E-state index in [9.17, 15) is 5.11 Å². The van der Waals surface area contributed by atoms with Gasteiger partial charge in [-0.3, -0.25) is 0 Å². The van der Waals surface area contributed by atoms with Gasteiger partial charge in [-0.1, -0.05) is 32.8 Å². The van der Waals surface area contributed by atoms with Crippen LogP contribution in [0.25, 0.3) is 0 Å². The van der Waals surface area contributed by atoms with Crippen molar-refractivity contribution in [2.75, 3.05) is 0 Å². The second kappa shape index (κ2) is 5.43. The highest BCUT2D eigenvalue weighted by Crippen LogP contribution is 2.26. The Kier molecular flexibility index (Phi) is 4.51. The fourth-order valence-corrected chi connectivity index (χ4v) is 2.17. The largest absolute Gasteiger partial charge is 0.388 e. The Balaban J connectivity index is 2.53. The van der Waals surface area contributed by atoms with E-state index >= 15 is 0 Å². The molecule has 1 aliphatic carbocycles. The van der Waals surface area contributed by atoms with E-state index in [4.69, 9.17) is 0 Å². The van der Waals surface area contributed by atoms with E-state index in [-0.39, 0.29) is 6.10 Å². The van der Waals surface area contributed by atoms with Crippen LogP contribution in [0.3, 0.4) is 0 Å². The van der Waals surface area contributed by atoms with Crippen LogP contribution in [-0.4, -0.2) is 11.2 Å². The maximum atomic E-state index is 10.1. The minimum absolute atomic E-state index is 0.157. The molecule has 1 aliphatic rings. The lowest BCUT2D eigenvalue weighted by Gasteiger charge is -2.25. The van der Waals surface area contributed by atoms with Gasteiger partial charge in [0.1, 0.15) is 0 Å². The lowest BCUT2D eigenvalue weighted by molar-refractivity contribution is 0.130. The lowest BCUT2D eigenvalue weighted by atomic mass is 9.86. The highest BCUT2D eigenvalue weighted by atomic mass is 16.3. The molecule has 76 valence electrons. The fraction of sp³-hybridized carbons (Fsp3) is 0.833. The van der Waals surface area contributed by atoms with Crippen molar-refractivity contribution in [3.63, 3.8) is 0 Å². The average Bonchev–Trinajstić information content (AvgIpc) is 2.21. The molecule has 0 saturated carbocycles. The molecule has 1 unspecified atom stereocenters. The third-order valence-electron chi connectivity index (χ3n) is 3.20. The van der Waals surface area contributed by atoms with Crippen molar-refractivity contribution in [3.8, 4) is 0 Å². The van der Waals surface area contributed by atoms with E-state index in [0.717, 1.165) is 19.3 Å². The topological polar surface area (TPSA) is 20.2 Å². The third kappa shape index (κ3) is 2.84. The minimum atomic E-state index is -0.157. The summed E-state index contributed by atoms with van der Waals surface area (Å²) in [5.74, 6) is 0.476. The van der Waals surface area contributed by atoms with Gasteiger partial charge in [0, 0.05) is 0 Å². The number of hydrogen-bond donors (Lipinski definition) is 1. The molecule has 13 heavy (non-hydrogen) atoms. The summed E-state index contributed by atoms with van der Waals surface area (Å²) in [6.45, 7) is 4.33. The molecule has 0 fully saturated rings. The number of hydrogen-bond acceptors (Lipinski definition) is 1. The highest BCUT2D eigenvalue weighted by Gasteiger charge is 2.20. The predicted molar refractivity (Wildman–Crippen MR) is 56.6 cm³/mol. The van der Waals surface area contributed by atoms with Gasteiger partial charge in [-0.15, -0.1) is 0 Å². The first-order valence-corrected chi connectivity index (χ1v) is 5.66. The van der Waals surface area contributed by atoms with Crippen LogP contribution < -0.4 is 0 Å². The Morgan fingerprint density at radius 3 is 2.46 bits per heavy atom. The minimum Gasteiger partial charge on any atom is -0.388 e. The first kappa shape index (κ1) is 10.8. The molecule has 0 bridgehead atoms.